The van der Waals surface area contributed by atoms with E-state index in [0.717, 1.165) is 4.47 Å². The van der Waals surface area contributed by atoms with Gasteiger partial charge in [0.15, 0.2) is 0 Å². The molecule has 2 heterocycles. The summed E-state index contributed by atoms with van der Waals surface area (Å²) in [6, 6.07) is 1.73. The molecule has 1 aliphatic rings. The van der Waals surface area contributed by atoms with E-state index in [1.54, 1.807) is 17.2 Å². The first-order chi connectivity index (χ1) is 9.47. The van der Waals surface area contributed by atoms with Gasteiger partial charge in [0.2, 0.25) is 0 Å². The van der Waals surface area contributed by atoms with E-state index in [1.807, 2.05) is 14.1 Å². The number of nitrogens with zero attached hydrogens (tertiary/aromatic N) is 2. The summed E-state index contributed by atoms with van der Waals surface area (Å²) in [5, 5.41) is 5.87. The zero-order valence-corrected chi connectivity index (χ0v) is 13.1. The molecule has 0 aromatic carbocycles. The zero-order chi connectivity index (χ0) is 14.7. The molecule has 5 nitrogen and oxygen atoms in total. The molecule has 0 radical (unpaired) electrons. The van der Waals surface area contributed by atoms with Gasteiger partial charge in [-0.05, 0) is 28.4 Å². The van der Waals surface area contributed by atoms with Gasteiger partial charge in [0, 0.05) is 43.9 Å². The van der Waals surface area contributed by atoms with Gasteiger partial charge in [-0.15, -0.1) is 0 Å². The average molecular weight is 345 g/mol. The molecule has 0 aliphatic carbocycles. The summed E-state index contributed by atoms with van der Waals surface area (Å²) in [5.41, 5.74) is 0.499. The van der Waals surface area contributed by atoms with Crippen LogP contribution in [0.5, 0.6) is 0 Å². The van der Waals surface area contributed by atoms with Gasteiger partial charge in [-0.3, -0.25) is 4.79 Å². The lowest BCUT2D eigenvalue weighted by atomic mass is 10.2. The van der Waals surface area contributed by atoms with Gasteiger partial charge < -0.3 is 15.5 Å². The van der Waals surface area contributed by atoms with Crippen LogP contribution < -0.4 is 15.5 Å². The van der Waals surface area contributed by atoms with Gasteiger partial charge in [0.25, 0.3) is 5.91 Å². The Morgan fingerprint density at radius 1 is 1.65 bits per heavy atom. The van der Waals surface area contributed by atoms with Gasteiger partial charge >= 0.3 is 0 Å². The van der Waals surface area contributed by atoms with Crippen molar-refractivity contribution in [2.24, 2.45) is 0 Å². The normalized spacial score (nSPS) is 21.8. The first-order valence-electron chi connectivity index (χ1n) is 6.46. The van der Waals surface area contributed by atoms with E-state index in [0.29, 0.717) is 30.9 Å². The predicted molar refractivity (Wildman–Crippen MR) is 79.9 cm³/mol. The third-order valence-electron chi connectivity index (χ3n) is 3.18. The summed E-state index contributed by atoms with van der Waals surface area (Å²) in [5.74, 6) is 0.403. The number of amides is 1. The first kappa shape index (κ1) is 15.2. The molecule has 1 aromatic rings. The number of alkyl halides is 1. The third kappa shape index (κ3) is 3.67. The number of hydrogen-bond donors (Lipinski definition) is 2. The van der Waals surface area contributed by atoms with Gasteiger partial charge in [0.05, 0.1) is 5.56 Å². The second-order valence-electron chi connectivity index (χ2n) is 5.07. The van der Waals surface area contributed by atoms with Crippen LogP contribution in [0, 0.1) is 0 Å². The van der Waals surface area contributed by atoms with Crippen molar-refractivity contribution in [2.45, 2.75) is 18.6 Å². The van der Waals surface area contributed by atoms with Crippen LogP contribution in [0.25, 0.3) is 0 Å². The fraction of sp³-hybridized carbons (Fsp3) is 0.538. The van der Waals surface area contributed by atoms with E-state index in [9.17, 15) is 9.18 Å². The minimum atomic E-state index is -0.818. The molecule has 1 aliphatic heterocycles. The van der Waals surface area contributed by atoms with E-state index in [4.69, 9.17) is 0 Å². The van der Waals surface area contributed by atoms with Crippen LogP contribution in [0.3, 0.4) is 0 Å². The quantitative estimate of drug-likeness (QED) is 0.865. The van der Waals surface area contributed by atoms with Crippen molar-refractivity contribution < 1.29 is 9.18 Å². The topological polar surface area (TPSA) is 57.3 Å². The van der Waals surface area contributed by atoms with Crippen LogP contribution in [-0.4, -0.2) is 50.3 Å². The smallest absolute Gasteiger partial charge is 0.255 e. The number of carbonyl (C=O) groups excluding carboxylic acids is 1. The second-order valence-corrected chi connectivity index (χ2v) is 5.98. The molecule has 110 valence electrons. The van der Waals surface area contributed by atoms with Crippen molar-refractivity contribution in [2.75, 3.05) is 32.1 Å². The molecule has 2 rings (SSSR count). The molecule has 7 heteroatoms. The van der Waals surface area contributed by atoms with Crippen LogP contribution in [0.15, 0.2) is 16.7 Å². The lowest BCUT2D eigenvalue weighted by Gasteiger charge is -2.17. The maximum atomic E-state index is 13.0. The Morgan fingerprint density at radius 2 is 2.40 bits per heavy atom. The Balaban J connectivity index is 2.03. The predicted octanol–water partition coefficient (Wildman–Crippen LogP) is 1.34. The molecule has 0 unspecified atom stereocenters. The number of halogens is 2. The Morgan fingerprint density at radius 3 is 3.00 bits per heavy atom. The number of rotatable bonds is 4. The highest BCUT2D eigenvalue weighted by atomic mass is 79.9. The molecule has 0 spiro atoms. The SMILES string of the molecule is CN(C)c1ncc(Br)cc1C(=O)NC[C@@H]1C[C@H](F)CN1. The van der Waals surface area contributed by atoms with E-state index < -0.39 is 6.17 Å². The van der Waals surface area contributed by atoms with E-state index in [2.05, 4.69) is 31.5 Å². The van der Waals surface area contributed by atoms with Crippen LogP contribution in [-0.2, 0) is 0 Å². The Bertz CT molecular complexity index is 497. The van der Waals surface area contributed by atoms with E-state index in [1.165, 1.54) is 0 Å². The summed E-state index contributed by atoms with van der Waals surface area (Å²) < 4.78 is 13.8. The molecule has 2 atom stereocenters. The largest absolute Gasteiger partial charge is 0.362 e. The first-order valence-corrected chi connectivity index (χ1v) is 7.25. The van der Waals surface area contributed by atoms with E-state index in [-0.39, 0.29) is 11.9 Å². The van der Waals surface area contributed by atoms with Crippen LogP contribution >= 0.6 is 15.9 Å². The molecule has 1 saturated heterocycles. The molecular weight excluding hydrogens is 327 g/mol. The highest BCUT2D eigenvalue weighted by Crippen LogP contribution is 2.20. The van der Waals surface area contributed by atoms with Crippen molar-refractivity contribution in [3.05, 3.63) is 22.3 Å². The van der Waals surface area contributed by atoms with Crippen molar-refractivity contribution in [1.82, 2.24) is 15.6 Å². The fourth-order valence-electron chi connectivity index (χ4n) is 2.19. The monoisotopic (exact) mass is 344 g/mol. The Kier molecular flexibility index (Phi) is 4.93. The number of nitrogens with one attached hydrogen (secondary N) is 2. The maximum Gasteiger partial charge on any atom is 0.255 e. The number of carbonyl (C=O) groups is 1. The van der Waals surface area contributed by atoms with Gasteiger partial charge in [-0.2, -0.15) is 0 Å². The maximum absolute atomic E-state index is 13.0. The summed E-state index contributed by atoms with van der Waals surface area (Å²) in [6.45, 7) is 0.778. The number of pyridine rings is 1. The molecule has 1 amide bonds. The van der Waals surface area contributed by atoms with Crippen molar-refractivity contribution in [3.8, 4) is 0 Å². The average Bonchev–Trinajstić information content (AvgIpc) is 2.81. The Hall–Kier alpha value is -1.21. The highest BCUT2D eigenvalue weighted by Gasteiger charge is 2.24. The molecule has 2 N–H and O–H groups in total. The standard InChI is InChI=1S/C13H18BrFN4O/c1-19(2)12-11(3-8(14)5-17-12)13(20)18-7-10-4-9(15)6-16-10/h3,5,9-10,16H,4,6-7H2,1-2H3,(H,18,20)/t9-,10-/m0/s1. The summed E-state index contributed by atoms with van der Waals surface area (Å²) in [6.07, 6.45) is 1.28. The highest BCUT2D eigenvalue weighted by molar-refractivity contribution is 9.10. The molecule has 20 heavy (non-hydrogen) atoms. The molecule has 1 aromatic heterocycles. The van der Waals surface area contributed by atoms with Crippen LogP contribution in [0.4, 0.5) is 10.2 Å². The van der Waals surface area contributed by atoms with Gasteiger partial charge in [-0.25, -0.2) is 9.37 Å². The van der Waals surface area contributed by atoms with Crippen molar-refractivity contribution in [1.29, 1.82) is 0 Å². The molecule has 0 bridgehead atoms. The third-order valence-corrected chi connectivity index (χ3v) is 3.61. The minimum absolute atomic E-state index is 0.00290. The van der Waals surface area contributed by atoms with Crippen LogP contribution in [0.1, 0.15) is 16.8 Å². The minimum Gasteiger partial charge on any atom is -0.362 e. The van der Waals surface area contributed by atoms with Gasteiger partial charge in [0.1, 0.15) is 12.0 Å². The van der Waals surface area contributed by atoms with Crippen LogP contribution in [0.2, 0.25) is 0 Å². The Labute approximate surface area is 126 Å². The molecule has 1 fully saturated rings. The number of hydrogen-bond acceptors (Lipinski definition) is 4. The number of anilines is 1. The molecule has 0 saturated carbocycles. The lowest BCUT2D eigenvalue weighted by Crippen LogP contribution is -2.37. The summed E-state index contributed by atoms with van der Waals surface area (Å²) in [4.78, 5) is 18.3. The molecular formula is C13H18BrFN4O. The summed E-state index contributed by atoms with van der Waals surface area (Å²) in [7, 11) is 3.67. The fourth-order valence-corrected chi connectivity index (χ4v) is 2.52. The van der Waals surface area contributed by atoms with Crippen molar-refractivity contribution in [3.63, 3.8) is 0 Å². The van der Waals surface area contributed by atoms with E-state index >= 15 is 0 Å². The summed E-state index contributed by atoms with van der Waals surface area (Å²) >= 11 is 3.32. The lowest BCUT2D eigenvalue weighted by molar-refractivity contribution is 0.0950. The van der Waals surface area contributed by atoms with Crippen molar-refractivity contribution >= 4 is 27.7 Å². The van der Waals surface area contributed by atoms with Gasteiger partial charge in [-0.1, -0.05) is 0 Å². The zero-order valence-electron chi connectivity index (χ0n) is 11.5. The second kappa shape index (κ2) is 6.49. The number of aromatic nitrogens is 1.